The highest BCUT2D eigenvalue weighted by Gasteiger charge is 1.98. The quantitative estimate of drug-likeness (QED) is 0.456. The Kier molecular flexibility index (Phi) is 20.5. The Morgan fingerprint density at radius 2 is 1.11 bits per heavy atom. The van der Waals surface area contributed by atoms with Crippen molar-refractivity contribution in [1.82, 2.24) is 4.90 Å². The van der Waals surface area contributed by atoms with Crippen LogP contribution in [0.5, 0.6) is 0 Å². The van der Waals surface area contributed by atoms with Crippen molar-refractivity contribution in [3.63, 3.8) is 0 Å². The Morgan fingerprint density at radius 1 is 0.684 bits per heavy atom. The van der Waals surface area contributed by atoms with Gasteiger partial charge < -0.3 is 14.4 Å². The van der Waals surface area contributed by atoms with Crippen molar-refractivity contribution in [1.29, 1.82) is 0 Å². The molecule has 19 heavy (non-hydrogen) atoms. The van der Waals surface area contributed by atoms with E-state index >= 15 is 0 Å². The second kappa shape index (κ2) is 18.2. The van der Waals surface area contributed by atoms with E-state index in [0.717, 1.165) is 39.5 Å². The molecule has 0 aliphatic rings. The van der Waals surface area contributed by atoms with E-state index in [9.17, 15) is 0 Å². The van der Waals surface area contributed by atoms with Gasteiger partial charge in [0.25, 0.3) is 0 Å². The van der Waals surface area contributed by atoms with Gasteiger partial charge in [-0.25, -0.2) is 0 Å². The van der Waals surface area contributed by atoms with Crippen molar-refractivity contribution >= 4 is 12.4 Å². The van der Waals surface area contributed by atoms with Gasteiger partial charge in [0.15, 0.2) is 0 Å². The lowest BCUT2D eigenvalue weighted by Crippen LogP contribution is -2.27. The molecule has 0 aromatic heterocycles. The summed E-state index contributed by atoms with van der Waals surface area (Å²) in [6.07, 6.45) is 7.47. The van der Waals surface area contributed by atoms with E-state index in [4.69, 9.17) is 9.47 Å². The minimum atomic E-state index is 0. The van der Waals surface area contributed by atoms with Gasteiger partial charge in [-0.05, 0) is 19.9 Å². The molecule has 0 aliphatic heterocycles. The molecule has 0 amide bonds. The lowest BCUT2D eigenvalue weighted by molar-refractivity contribution is 0.0817. The van der Waals surface area contributed by atoms with Crippen LogP contribution >= 0.6 is 12.4 Å². The first-order valence-electron chi connectivity index (χ1n) is 7.65. The zero-order valence-electron chi connectivity index (χ0n) is 13.2. The summed E-state index contributed by atoms with van der Waals surface area (Å²) in [5.41, 5.74) is 0. The van der Waals surface area contributed by atoms with Gasteiger partial charge in [-0.3, -0.25) is 0 Å². The lowest BCUT2D eigenvalue weighted by atomic mass is 10.3. The van der Waals surface area contributed by atoms with Crippen LogP contribution in [-0.4, -0.2) is 51.5 Å². The van der Waals surface area contributed by atoms with Gasteiger partial charge in [-0.1, -0.05) is 39.5 Å². The molecule has 3 nitrogen and oxygen atoms in total. The Labute approximate surface area is 126 Å². The van der Waals surface area contributed by atoms with Crippen LogP contribution in [0.4, 0.5) is 0 Å². The predicted octanol–water partition coefficient (Wildman–Crippen LogP) is 3.75. The molecule has 4 heteroatoms. The summed E-state index contributed by atoms with van der Waals surface area (Å²) < 4.78 is 11.2. The number of likely N-dealkylation sites (N-methyl/N-ethyl adjacent to an activating group) is 1. The standard InChI is InChI=1S/C15H33NO2.ClH/c1-4-6-8-12-17-14-10-16(3)11-15-18-13-9-7-5-2;/h4-15H2,1-3H3;1H. The van der Waals surface area contributed by atoms with Crippen molar-refractivity contribution in [3.05, 3.63) is 0 Å². The number of halogens is 1. The number of nitrogens with zero attached hydrogens (tertiary/aromatic N) is 1. The van der Waals surface area contributed by atoms with Gasteiger partial charge in [-0.15, -0.1) is 12.4 Å². The fourth-order valence-corrected chi connectivity index (χ4v) is 1.66. The van der Waals surface area contributed by atoms with Crippen LogP contribution < -0.4 is 0 Å². The molecule has 0 saturated carbocycles. The zero-order valence-corrected chi connectivity index (χ0v) is 14.0. The molecule has 0 bridgehead atoms. The minimum Gasteiger partial charge on any atom is -0.380 e. The molecule has 0 radical (unpaired) electrons. The number of ether oxygens (including phenoxy) is 2. The van der Waals surface area contributed by atoms with Crippen LogP contribution in [-0.2, 0) is 9.47 Å². The third-order valence-electron chi connectivity index (χ3n) is 3.02. The fraction of sp³-hybridized carbons (Fsp3) is 1.00. The van der Waals surface area contributed by atoms with E-state index < -0.39 is 0 Å². The summed E-state index contributed by atoms with van der Waals surface area (Å²) in [6.45, 7) is 9.95. The van der Waals surface area contributed by atoms with Crippen LogP contribution in [0.25, 0.3) is 0 Å². The Bertz CT molecular complexity index is 143. The number of rotatable bonds is 14. The number of hydrogen-bond acceptors (Lipinski definition) is 3. The van der Waals surface area contributed by atoms with Crippen molar-refractivity contribution in [3.8, 4) is 0 Å². The van der Waals surface area contributed by atoms with Gasteiger partial charge in [0, 0.05) is 26.3 Å². The van der Waals surface area contributed by atoms with Crippen LogP contribution in [0, 0.1) is 0 Å². The highest BCUT2D eigenvalue weighted by Crippen LogP contribution is 1.95. The number of hydrogen-bond donors (Lipinski definition) is 0. The highest BCUT2D eigenvalue weighted by atomic mass is 35.5. The third-order valence-corrected chi connectivity index (χ3v) is 3.02. The minimum absolute atomic E-state index is 0. The molecule has 118 valence electrons. The normalized spacial score (nSPS) is 10.7. The number of unbranched alkanes of at least 4 members (excludes halogenated alkanes) is 4. The summed E-state index contributed by atoms with van der Waals surface area (Å²) >= 11 is 0. The van der Waals surface area contributed by atoms with E-state index in [1.807, 2.05) is 0 Å². The molecule has 0 unspecified atom stereocenters. The Hall–Kier alpha value is 0.170. The molecular formula is C15H34ClNO2. The molecule has 0 atom stereocenters. The van der Waals surface area contributed by atoms with Gasteiger partial charge in [0.2, 0.25) is 0 Å². The third kappa shape index (κ3) is 18.2. The zero-order chi connectivity index (χ0) is 13.5. The van der Waals surface area contributed by atoms with Crippen LogP contribution in [0.3, 0.4) is 0 Å². The molecule has 0 aromatic carbocycles. The first-order chi connectivity index (χ1) is 8.81. The van der Waals surface area contributed by atoms with Crippen LogP contribution in [0.2, 0.25) is 0 Å². The largest absolute Gasteiger partial charge is 0.380 e. The molecule has 0 rings (SSSR count). The Balaban J connectivity index is 0. The first-order valence-corrected chi connectivity index (χ1v) is 7.65. The maximum absolute atomic E-state index is 5.58. The van der Waals surface area contributed by atoms with Gasteiger partial charge >= 0.3 is 0 Å². The maximum atomic E-state index is 5.58. The van der Waals surface area contributed by atoms with Gasteiger partial charge in [0.1, 0.15) is 0 Å². The second-order valence-electron chi connectivity index (χ2n) is 4.94. The van der Waals surface area contributed by atoms with E-state index in [0.29, 0.717) is 0 Å². The van der Waals surface area contributed by atoms with Crippen molar-refractivity contribution in [2.45, 2.75) is 52.4 Å². The van der Waals surface area contributed by atoms with Crippen molar-refractivity contribution in [2.75, 3.05) is 46.6 Å². The first kappa shape index (κ1) is 21.5. The molecular weight excluding hydrogens is 262 g/mol. The summed E-state index contributed by atoms with van der Waals surface area (Å²) in [7, 11) is 2.13. The van der Waals surface area contributed by atoms with E-state index in [1.54, 1.807) is 0 Å². The molecule has 0 saturated heterocycles. The smallest absolute Gasteiger partial charge is 0.0593 e. The van der Waals surface area contributed by atoms with E-state index in [2.05, 4.69) is 25.8 Å². The Morgan fingerprint density at radius 3 is 1.47 bits per heavy atom. The van der Waals surface area contributed by atoms with E-state index in [-0.39, 0.29) is 12.4 Å². The topological polar surface area (TPSA) is 21.7 Å². The second-order valence-corrected chi connectivity index (χ2v) is 4.94. The van der Waals surface area contributed by atoms with Gasteiger partial charge in [0.05, 0.1) is 13.2 Å². The molecule has 0 N–H and O–H groups in total. The fourth-order valence-electron chi connectivity index (χ4n) is 1.66. The summed E-state index contributed by atoms with van der Waals surface area (Å²) in [5.74, 6) is 0. The van der Waals surface area contributed by atoms with Crippen molar-refractivity contribution < 1.29 is 9.47 Å². The van der Waals surface area contributed by atoms with Crippen molar-refractivity contribution in [2.24, 2.45) is 0 Å². The lowest BCUT2D eigenvalue weighted by Gasteiger charge is -2.16. The SMILES string of the molecule is CCCCCOCCN(C)CCOCCCCC.Cl. The molecule has 0 heterocycles. The van der Waals surface area contributed by atoms with Gasteiger partial charge in [-0.2, -0.15) is 0 Å². The summed E-state index contributed by atoms with van der Waals surface area (Å²) in [4.78, 5) is 2.28. The maximum Gasteiger partial charge on any atom is 0.0593 e. The summed E-state index contributed by atoms with van der Waals surface area (Å²) in [5, 5.41) is 0. The highest BCUT2D eigenvalue weighted by molar-refractivity contribution is 5.85. The van der Waals surface area contributed by atoms with E-state index in [1.165, 1.54) is 38.5 Å². The molecule has 0 spiro atoms. The average Bonchev–Trinajstić information content (AvgIpc) is 2.38. The molecule has 0 aromatic rings. The van der Waals surface area contributed by atoms with Crippen LogP contribution in [0.1, 0.15) is 52.4 Å². The monoisotopic (exact) mass is 295 g/mol. The average molecular weight is 296 g/mol. The predicted molar refractivity (Wildman–Crippen MR) is 85.4 cm³/mol. The molecule has 0 fully saturated rings. The summed E-state index contributed by atoms with van der Waals surface area (Å²) in [6, 6.07) is 0. The van der Waals surface area contributed by atoms with Crippen LogP contribution in [0.15, 0.2) is 0 Å². The molecule has 0 aliphatic carbocycles.